The van der Waals surface area contributed by atoms with Crippen LogP contribution in [0.4, 0.5) is 0 Å². The highest BCUT2D eigenvalue weighted by Crippen LogP contribution is 2.23. The summed E-state index contributed by atoms with van der Waals surface area (Å²) in [5.41, 5.74) is -0.528. The number of rotatable bonds is 10. The second-order valence-electron chi connectivity index (χ2n) is 4.86. The van der Waals surface area contributed by atoms with E-state index in [1.165, 1.54) is 12.8 Å². The Kier molecular flexibility index (Phi) is 9.71. The summed E-state index contributed by atoms with van der Waals surface area (Å²) in [6.07, 6.45) is 14.2. The molecular weight excluding hydrogens is 196 g/mol. The van der Waals surface area contributed by atoms with Crippen molar-refractivity contribution in [3.05, 3.63) is 12.2 Å². The van der Waals surface area contributed by atoms with Gasteiger partial charge >= 0.3 is 0 Å². The molecule has 0 amide bonds. The van der Waals surface area contributed by atoms with E-state index < -0.39 is 5.60 Å². The van der Waals surface area contributed by atoms with Crippen molar-refractivity contribution in [2.75, 3.05) is 0 Å². The summed E-state index contributed by atoms with van der Waals surface area (Å²) in [4.78, 5) is 0. The molecule has 0 saturated heterocycles. The van der Waals surface area contributed by atoms with Crippen molar-refractivity contribution in [3.8, 4) is 0 Å². The molecule has 0 unspecified atom stereocenters. The molecule has 0 aliphatic heterocycles. The zero-order chi connectivity index (χ0) is 12.3. The first kappa shape index (κ1) is 15.7. The molecule has 0 aliphatic rings. The van der Waals surface area contributed by atoms with Gasteiger partial charge in [0.15, 0.2) is 0 Å². The largest absolute Gasteiger partial charge is 0.386 e. The monoisotopic (exact) mass is 226 g/mol. The van der Waals surface area contributed by atoms with Gasteiger partial charge in [-0.1, -0.05) is 71.4 Å². The molecular formula is C15H30O. The summed E-state index contributed by atoms with van der Waals surface area (Å²) in [6, 6.07) is 0. The molecule has 0 bridgehead atoms. The van der Waals surface area contributed by atoms with Gasteiger partial charge in [-0.2, -0.15) is 0 Å². The Hall–Kier alpha value is -0.300. The molecule has 0 rings (SSSR count). The Labute approximate surface area is 102 Å². The Morgan fingerprint density at radius 2 is 1.38 bits per heavy atom. The van der Waals surface area contributed by atoms with E-state index in [1.807, 2.05) is 0 Å². The normalized spacial score (nSPS) is 12.5. The first-order valence-corrected chi connectivity index (χ1v) is 7.08. The molecule has 0 spiro atoms. The van der Waals surface area contributed by atoms with Crippen molar-refractivity contribution in [2.45, 2.75) is 84.2 Å². The van der Waals surface area contributed by atoms with Gasteiger partial charge < -0.3 is 5.11 Å². The van der Waals surface area contributed by atoms with Gasteiger partial charge in [0.1, 0.15) is 0 Å². The molecule has 16 heavy (non-hydrogen) atoms. The Morgan fingerprint density at radius 1 is 0.875 bits per heavy atom. The third-order valence-electron chi connectivity index (χ3n) is 3.08. The standard InChI is InChI=1S/C15H30O/c1-4-7-10-11-14-15(16,12-8-5-2)13-9-6-3/h11,14,16H,4-10,12-13H2,1-3H3/b14-11+. The van der Waals surface area contributed by atoms with Gasteiger partial charge in [0.2, 0.25) is 0 Å². The highest BCUT2D eigenvalue weighted by molar-refractivity contribution is 5.00. The Morgan fingerprint density at radius 3 is 1.81 bits per heavy atom. The molecule has 0 atom stereocenters. The van der Waals surface area contributed by atoms with Gasteiger partial charge in [-0.05, 0) is 19.3 Å². The summed E-state index contributed by atoms with van der Waals surface area (Å²) in [5, 5.41) is 10.5. The maximum absolute atomic E-state index is 10.5. The van der Waals surface area contributed by atoms with E-state index in [-0.39, 0.29) is 0 Å². The average Bonchev–Trinajstić information content (AvgIpc) is 2.30. The second kappa shape index (κ2) is 9.89. The minimum atomic E-state index is -0.528. The second-order valence-corrected chi connectivity index (χ2v) is 4.86. The molecule has 0 heterocycles. The first-order valence-electron chi connectivity index (χ1n) is 7.08. The fraction of sp³-hybridized carbons (Fsp3) is 0.867. The molecule has 0 aromatic heterocycles. The summed E-state index contributed by atoms with van der Waals surface area (Å²) < 4.78 is 0. The quantitative estimate of drug-likeness (QED) is 0.417. The average molecular weight is 226 g/mol. The lowest BCUT2D eigenvalue weighted by atomic mass is 9.90. The van der Waals surface area contributed by atoms with Crippen LogP contribution in [-0.2, 0) is 0 Å². The summed E-state index contributed by atoms with van der Waals surface area (Å²) >= 11 is 0. The van der Waals surface area contributed by atoms with Crippen LogP contribution in [0.1, 0.15) is 78.6 Å². The van der Waals surface area contributed by atoms with Crippen molar-refractivity contribution in [1.82, 2.24) is 0 Å². The predicted molar refractivity (Wildman–Crippen MR) is 72.7 cm³/mol. The lowest BCUT2D eigenvalue weighted by Crippen LogP contribution is -2.25. The van der Waals surface area contributed by atoms with E-state index in [1.54, 1.807) is 0 Å². The van der Waals surface area contributed by atoms with Crippen LogP contribution in [0.3, 0.4) is 0 Å². The van der Waals surface area contributed by atoms with Crippen LogP contribution < -0.4 is 0 Å². The van der Waals surface area contributed by atoms with E-state index in [4.69, 9.17) is 0 Å². The molecule has 1 heteroatoms. The van der Waals surface area contributed by atoms with Crippen LogP contribution in [0.15, 0.2) is 12.2 Å². The highest BCUT2D eigenvalue weighted by Gasteiger charge is 2.21. The van der Waals surface area contributed by atoms with Gasteiger partial charge in [-0.15, -0.1) is 0 Å². The van der Waals surface area contributed by atoms with Gasteiger partial charge in [-0.25, -0.2) is 0 Å². The topological polar surface area (TPSA) is 20.2 Å². The van der Waals surface area contributed by atoms with Gasteiger partial charge in [0.05, 0.1) is 5.60 Å². The fourth-order valence-corrected chi connectivity index (χ4v) is 1.88. The van der Waals surface area contributed by atoms with Crippen molar-refractivity contribution in [1.29, 1.82) is 0 Å². The van der Waals surface area contributed by atoms with E-state index in [9.17, 15) is 5.11 Å². The van der Waals surface area contributed by atoms with Crippen LogP contribution in [0.2, 0.25) is 0 Å². The minimum absolute atomic E-state index is 0.528. The SMILES string of the molecule is CCCC/C=C/C(O)(CCCC)CCCC. The van der Waals surface area contributed by atoms with Crippen molar-refractivity contribution in [2.24, 2.45) is 0 Å². The smallest absolute Gasteiger partial charge is 0.0827 e. The summed E-state index contributed by atoms with van der Waals surface area (Å²) in [7, 11) is 0. The highest BCUT2D eigenvalue weighted by atomic mass is 16.3. The van der Waals surface area contributed by atoms with Gasteiger partial charge in [-0.3, -0.25) is 0 Å². The molecule has 0 aliphatic carbocycles. The number of hydrogen-bond donors (Lipinski definition) is 1. The molecule has 0 aromatic rings. The van der Waals surface area contributed by atoms with Crippen LogP contribution in [0.25, 0.3) is 0 Å². The Bertz CT molecular complexity index is 164. The van der Waals surface area contributed by atoms with Crippen LogP contribution >= 0.6 is 0 Å². The van der Waals surface area contributed by atoms with E-state index in [2.05, 4.69) is 32.9 Å². The van der Waals surface area contributed by atoms with Crippen LogP contribution in [0.5, 0.6) is 0 Å². The third kappa shape index (κ3) is 7.92. The zero-order valence-corrected chi connectivity index (χ0v) is 11.5. The molecule has 96 valence electrons. The van der Waals surface area contributed by atoms with Crippen molar-refractivity contribution < 1.29 is 5.11 Å². The lowest BCUT2D eigenvalue weighted by Gasteiger charge is -2.24. The molecule has 0 radical (unpaired) electrons. The number of hydrogen-bond acceptors (Lipinski definition) is 1. The number of unbranched alkanes of at least 4 members (excludes halogenated alkanes) is 4. The fourth-order valence-electron chi connectivity index (χ4n) is 1.88. The number of allylic oxidation sites excluding steroid dienone is 1. The van der Waals surface area contributed by atoms with Crippen molar-refractivity contribution >= 4 is 0 Å². The van der Waals surface area contributed by atoms with Crippen molar-refractivity contribution in [3.63, 3.8) is 0 Å². The lowest BCUT2D eigenvalue weighted by molar-refractivity contribution is 0.0671. The summed E-state index contributed by atoms with van der Waals surface area (Å²) in [6.45, 7) is 6.57. The zero-order valence-electron chi connectivity index (χ0n) is 11.5. The minimum Gasteiger partial charge on any atom is -0.386 e. The predicted octanol–water partition coefficient (Wildman–Crippen LogP) is 4.84. The first-order chi connectivity index (χ1) is 7.68. The molecule has 1 N–H and O–H groups in total. The van der Waals surface area contributed by atoms with E-state index in [0.29, 0.717) is 0 Å². The van der Waals surface area contributed by atoms with Crippen LogP contribution in [0, 0.1) is 0 Å². The summed E-state index contributed by atoms with van der Waals surface area (Å²) in [5.74, 6) is 0. The molecule has 1 nitrogen and oxygen atoms in total. The molecule has 0 aromatic carbocycles. The maximum atomic E-state index is 10.5. The van der Waals surface area contributed by atoms with E-state index in [0.717, 1.165) is 44.9 Å². The van der Waals surface area contributed by atoms with E-state index >= 15 is 0 Å². The van der Waals surface area contributed by atoms with Crippen LogP contribution in [-0.4, -0.2) is 10.7 Å². The molecule has 0 saturated carbocycles. The Balaban J connectivity index is 4.10. The third-order valence-corrected chi connectivity index (χ3v) is 3.08. The maximum Gasteiger partial charge on any atom is 0.0827 e. The van der Waals surface area contributed by atoms with Gasteiger partial charge in [0, 0.05) is 0 Å². The molecule has 0 fully saturated rings. The van der Waals surface area contributed by atoms with Gasteiger partial charge in [0.25, 0.3) is 0 Å². The number of aliphatic hydroxyl groups is 1.